The zero-order valence-corrected chi connectivity index (χ0v) is 9.08. The molecular weight excluding hydrogens is 206 g/mol. The van der Waals surface area contributed by atoms with Crippen molar-refractivity contribution in [2.75, 3.05) is 5.75 Å². The lowest BCUT2D eigenvalue weighted by Gasteiger charge is -1.98. The van der Waals surface area contributed by atoms with Crippen LogP contribution < -0.4 is 0 Å². The van der Waals surface area contributed by atoms with E-state index < -0.39 is 0 Å². The minimum absolute atomic E-state index is 0.0697. The molecule has 0 N–H and O–H groups in total. The molecule has 3 heteroatoms. The Kier molecular flexibility index (Phi) is 4.65. The number of Topliss-reactive ketones (excluding diaryl/α,β-unsaturated/α-hetero) is 1. The summed E-state index contributed by atoms with van der Waals surface area (Å²) in [4.78, 5) is 11.4. The van der Waals surface area contributed by atoms with Gasteiger partial charge in [0.05, 0.1) is 12.5 Å². The van der Waals surface area contributed by atoms with E-state index in [0.29, 0.717) is 11.3 Å². The average Bonchev–Trinajstić information content (AvgIpc) is 2.27. The Hall–Kier alpha value is -1.53. The predicted octanol–water partition coefficient (Wildman–Crippen LogP) is 2.73. The summed E-state index contributed by atoms with van der Waals surface area (Å²) in [6, 6.07) is 9.06. The monoisotopic (exact) mass is 217 g/mol. The van der Waals surface area contributed by atoms with Crippen LogP contribution in [0.1, 0.15) is 22.3 Å². The van der Waals surface area contributed by atoms with Gasteiger partial charge in [0.2, 0.25) is 0 Å². The lowest BCUT2D eigenvalue weighted by molar-refractivity contribution is 0.0997. The van der Waals surface area contributed by atoms with E-state index in [9.17, 15) is 4.79 Å². The van der Waals surface area contributed by atoms with E-state index in [2.05, 4.69) is 12.6 Å². The molecule has 0 saturated heterocycles. The molecule has 0 radical (unpaired) electrons. The SMILES string of the molecule is N#CCC(=O)c1cccc(C=CCS)c1. The van der Waals surface area contributed by atoms with E-state index >= 15 is 0 Å². The number of benzene rings is 1. The van der Waals surface area contributed by atoms with Crippen LogP contribution in [0.25, 0.3) is 6.08 Å². The van der Waals surface area contributed by atoms with Crippen LogP contribution in [0.3, 0.4) is 0 Å². The molecule has 0 bridgehead atoms. The molecule has 76 valence electrons. The summed E-state index contributed by atoms with van der Waals surface area (Å²) in [5.41, 5.74) is 1.53. The number of ketones is 1. The van der Waals surface area contributed by atoms with Crippen molar-refractivity contribution in [3.8, 4) is 6.07 Å². The molecule has 15 heavy (non-hydrogen) atoms. The second kappa shape index (κ2) is 6.05. The summed E-state index contributed by atoms with van der Waals surface area (Å²) >= 11 is 4.05. The van der Waals surface area contributed by atoms with Crippen molar-refractivity contribution in [1.29, 1.82) is 5.26 Å². The van der Waals surface area contributed by atoms with Gasteiger partial charge in [0.1, 0.15) is 0 Å². The first kappa shape index (κ1) is 11.5. The number of hydrogen-bond donors (Lipinski definition) is 1. The Morgan fingerprint density at radius 2 is 2.33 bits per heavy atom. The normalized spacial score (nSPS) is 10.1. The topological polar surface area (TPSA) is 40.9 Å². The van der Waals surface area contributed by atoms with Gasteiger partial charge in [-0.15, -0.1) is 0 Å². The second-order valence-corrected chi connectivity index (χ2v) is 3.33. The lowest BCUT2D eigenvalue weighted by atomic mass is 10.1. The summed E-state index contributed by atoms with van der Waals surface area (Å²) in [7, 11) is 0. The summed E-state index contributed by atoms with van der Waals surface area (Å²) < 4.78 is 0. The molecule has 0 unspecified atom stereocenters. The summed E-state index contributed by atoms with van der Waals surface area (Å²) in [5, 5.41) is 8.41. The van der Waals surface area contributed by atoms with Crippen LogP contribution in [0.5, 0.6) is 0 Å². The Morgan fingerprint density at radius 3 is 3.00 bits per heavy atom. The highest BCUT2D eigenvalue weighted by Crippen LogP contribution is 2.09. The number of carbonyl (C=O) groups is 1. The predicted molar refractivity (Wildman–Crippen MR) is 63.9 cm³/mol. The fourth-order valence-electron chi connectivity index (χ4n) is 1.18. The molecule has 1 aromatic rings. The first-order valence-electron chi connectivity index (χ1n) is 4.55. The Balaban J connectivity index is 2.88. The van der Waals surface area contributed by atoms with Gasteiger partial charge in [-0.1, -0.05) is 30.4 Å². The second-order valence-electron chi connectivity index (χ2n) is 2.97. The van der Waals surface area contributed by atoms with Gasteiger partial charge >= 0.3 is 0 Å². The van der Waals surface area contributed by atoms with Crippen LogP contribution in [0.4, 0.5) is 0 Å². The molecule has 2 nitrogen and oxygen atoms in total. The van der Waals surface area contributed by atoms with Crippen molar-refractivity contribution in [3.63, 3.8) is 0 Å². The van der Waals surface area contributed by atoms with E-state index in [0.717, 1.165) is 5.56 Å². The third-order valence-corrected chi connectivity index (χ3v) is 2.07. The highest BCUT2D eigenvalue weighted by molar-refractivity contribution is 7.80. The molecule has 0 aromatic heterocycles. The largest absolute Gasteiger partial charge is 0.293 e. The standard InChI is InChI=1S/C12H11NOS/c13-7-6-12(14)11-5-1-3-10(9-11)4-2-8-15/h1-5,9,15H,6,8H2. The highest BCUT2D eigenvalue weighted by Gasteiger charge is 2.04. The number of nitriles is 1. The van der Waals surface area contributed by atoms with Crippen LogP contribution in [-0.4, -0.2) is 11.5 Å². The molecular formula is C12H11NOS. The third-order valence-electron chi connectivity index (χ3n) is 1.86. The summed E-state index contributed by atoms with van der Waals surface area (Å²) in [6.45, 7) is 0. The fraction of sp³-hybridized carbons (Fsp3) is 0.167. The Bertz CT molecular complexity index is 418. The number of rotatable bonds is 4. The number of hydrogen-bond acceptors (Lipinski definition) is 3. The van der Waals surface area contributed by atoms with Crippen molar-refractivity contribution >= 4 is 24.5 Å². The number of thiol groups is 1. The lowest BCUT2D eigenvalue weighted by Crippen LogP contribution is -1.96. The number of nitrogens with zero attached hydrogens (tertiary/aromatic N) is 1. The maximum atomic E-state index is 11.4. The molecule has 0 atom stereocenters. The van der Waals surface area contributed by atoms with Gasteiger partial charge in [0, 0.05) is 11.3 Å². The molecule has 0 spiro atoms. The summed E-state index contributed by atoms with van der Waals surface area (Å²) in [6.07, 6.45) is 3.73. The maximum Gasteiger partial charge on any atom is 0.176 e. The summed E-state index contributed by atoms with van der Waals surface area (Å²) in [5.74, 6) is 0.523. The van der Waals surface area contributed by atoms with Crippen LogP contribution in [-0.2, 0) is 0 Å². The minimum atomic E-state index is -0.140. The molecule has 0 heterocycles. The first-order valence-corrected chi connectivity index (χ1v) is 5.19. The van der Waals surface area contributed by atoms with E-state index in [4.69, 9.17) is 5.26 Å². The minimum Gasteiger partial charge on any atom is -0.293 e. The van der Waals surface area contributed by atoms with Crippen LogP contribution in [0, 0.1) is 11.3 Å². The van der Waals surface area contributed by atoms with Crippen LogP contribution in [0.15, 0.2) is 30.3 Å². The van der Waals surface area contributed by atoms with Gasteiger partial charge in [-0.3, -0.25) is 4.79 Å². The van der Waals surface area contributed by atoms with Gasteiger partial charge in [-0.2, -0.15) is 17.9 Å². The Labute approximate surface area is 94.6 Å². The molecule has 0 aliphatic carbocycles. The number of carbonyl (C=O) groups excluding carboxylic acids is 1. The van der Waals surface area contributed by atoms with Gasteiger partial charge < -0.3 is 0 Å². The average molecular weight is 217 g/mol. The molecule has 1 aromatic carbocycles. The van der Waals surface area contributed by atoms with Crippen molar-refractivity contribution < 1.29 is 4.79 Å². The van der Waals surface area contributed by atoms with Crippen LogP contribution in [0.2, 0.25) is 0 Å². The molecule has 0 saturated carbocycles. The molecule has 0 aliphatic rings. The van der Waals surface area contributed by atoms with Gasteiger partial charge in [-0.05, 0) is 11.6 Å². The fourth-order valence-corrected chi connectivity index (χ4v) is 1.28. The van der Waals surface area contributed by atoms with Gasteiger partial charge in [0.15, 0.2) is 5.78 Å². The molecule has 1 rings (SSSR count). The van der Waals surface area contributed by atoms with E-state index in [1.807, 2.05) is 30.4 Å². The van der Waals surface area contributed by atoms with E-state index in [1.54, 1.807) is 12.1 Å². The van der Waals surface area contributed by atoms with Crippen molar-refractivity contribution in [2.24, 2.45) is 0 Å². The van der Waals surface area contributed by atoms with E-state index in [-0.39, 0.29) is 12.2 Å². The maximum absolute atomic E-state index is 11.4. The first-order chi connectivity index (χ1) is 7.27. The Morgan fingerprint density at radius 1 is 1.53 bits per heavy atom. The molecule has 0 fully saturated rings. The van der Waals surface area contributed by atoms with Gasteiger partial charge in [-0.25, -0.2) is 0 Å². The molecule has 0 aliphatic heterocycles. The van der Waals surface area contributed by atoms with E-state index in [1.165, 1.54) is 0 Å². The molecule has 0 amide bonds. The van der Waals surface area contributed by atoms with Crippen molar-refractivity contribution in [1.82, 2.24) is 0 Å². The quantitative estimate of drug-likeness (QED) is 0.622. The van der Waals surface area contributed by atoms with Crippen molar-refractivity contribution in [3.05, 3.63) is 41.5 Å². The van der Waals surface area contributed by atoms with Crippen LogP contribution >= 0.6 is 12.6 Å². The van der Waals surface area contributed by atoms with Gasteiger partial charge in [0.25, 0.3) is 0 Å². The third kappa shape index (κ3) is 3.61. The zero-order chi connectivity index (χ0) is 11.1. The highest BCUT2D eigenvalue weighted by atomic mass is 32.1. The van der Waals surface area contributed by atoms with Crippen molar-refractivity contribution in [2.45, 2.75) is 6.42 Å². The smallest absolute Gasteiger partial charge is 0.176 e. The zero-order valence-electron chi connectivity index (χ0n) is 8.18.